The number of aromatic nitrogens is 2. The summed E-state index contributed by atoms with van der Waals surface area (Å²) >= 11 is 0. The third kappa shape index (κ3) is 4.23. The Labute approximate surface area is 155 Å². The van der Waals surface area contributed by atoms with Crippen LogP contribution >= 0.6 is 0 Å². The van der Waals surface area contributed by atoms with Crippen LogP contribution in [0.3, 0.4) is 0 Å². The number of hydrogen-bond donors (Lipinski definition) is 1. The Morgan fingerprint density at radius 2 is 1.77 bits per heavy atom. The fourth-order valence-electron chi connectivity index (χ4n) is 3.12. The van der Waals surface area contributed by atoms with Crippen LogP contribution in [0, 0.1) is 20.4 Å². The first-order valence-electron chi connectivity index (χ1n) is 9.35. The molecule has 2 heterocycles. The predicted molar refractivity (Wildman–Crippen MR) is 110 cm³/mol. The van der Waals surface area contributed by atoms with Gasteiger partial charge in [0, 0.05) is 24.7 Å². The van der Waals surface area contributed by atoms with Crippen molar-refractivity contribution in [2.45, 2.75) is 39.5 Å². The molecule has 3 aromatic rings. The minimum atomic E-state index is 0.762. The molecule has 3 rings (SSSR count). The summed E-state index contributed by atoms with van der Waals surface area (Å²) in [6, 6.07) is 12.8. The van der Waals surface area contributed by atoms with Crippen LogP contribution in [0.25, 0.3) is 21.7 Å². The van der Waals surface area contributed by atoms with Crippen molar-refractivity contribution in [2.75, 3.05) is 18.4 Å². The van der Waals surface area contributed by atoms with E-state index in [1.54, 1.807) is 0 Å². The van der Waals surface area contributed by atoms with Crippen LogP contribution in [0.5, 0.6) is 0 Å². The van der Waals surface area contributed by atoms with Crippen molar-refractivity contribution in [3.05, 3.63) is 58.6 Å². The van der Waals surface area contributed by atoms with Gasteiger partial charge in [-0.15, -0.1) is 0 Å². The molecule has 0 amide bonds. The lowest BCUT2D eigenvalue weighted by molar-refractivity contribution is 0.677. The molecule has 0 radical (unpaired) electrons. The van der Waals surface area contributed by atoms with Crippen molar-refractivity contribution in [3.8, 4) is 17.8 Å². The van der Waals surface area contributed by atoms with Crippen molar-refractivity contribution in [2.24, 2.45) is 0 Å². The average Bonchev–Trinajstić information content (AvgIpc) is 2.99. The Bertz CT molecular complexity index is 900. The van der Waals surface area contributed by atoms with Gasteiger partial charge < -0.3 is 5.32 Å². The van der Waals surface area contributed by atoms with E-state index < -0.39 is 0 Å². The number of nitrogens with one attached hydrogen (secondary N) is 1. The van der Waals surface area contributed by atoms with Gasteiger partial charge in [0.05, 0.1) is 0 Å². The summed E-state index contributed by atoms with van der Waals surface area (Å²) in [5, 5.41) is 3.61. The van der Waals surface area contributed by atoms with Gasteiger partial charge in [0.25, 0.3) is 13.1 Å². The maximum Gasteiger partial charge on any atom is 0.263 e. The van der Waals surface area contributed by atoms with Gasteiger partial charge in [-0.05, 0) is 44.4 Å². The fourth-order valence-corrected chi connectivity index (χ4v) is 3.12. The summed E-state index contributed by atoms with van der Waals surface area (Å²) in [5.41, 5.74) is 5.61. The second kappa shape index (κ2) is 8.53. The lowest BCUT2D eigenvalue weighted by Crippen LogP contribution is -2.05. The number of benzene rings is 1. The normalized spacial score (nSPS) is 10.8. The molecule has 0 spiro atoms. The van der Waals surface area contributed by atoms with Gasteiger partial charge in [-0.3, -0.25) is 4.40 Å². The highest BCUT2D eigenvalue weighted by Crippen LogP contribution is 2.29. The summed E-state index contributed by atoms with van der Waals surface area (Å²) in [6.45, 7) is 11.1. The molecular weight excluding hydrogens is 320 g/mol. The molecule has 134 valence electrons. The van der Waals surface area contributed by atoms with E-state index in [1.807, 2.05) is 0 Å². The van der Waals surface area contributed by atoms with Gasteiger partial charge in [0.15, 0.2) is 0 Å². The standard InChI is InChI=1S/C22H27N4/c1-17-8-10-19(11-9-17)21-22(24-14-7-5-4-6-13-23-3)26-15-12-18(2)16-20(26)25-21/h3,8-12,15-16,24H,4-7,13-14H2,1-2H3/q+1. The molecule has 0 fully saturated rings. The highest BCUT2D eigenvalue weighted by atomic mass is 15.1. The number of imidazole rings is 1. The summed E-state index contributed by atoms with van der Waals surface area (Å²) < 4.78 is 2.15. The second-order valence-corrected chi connectivity index (χ2v) is 6.85. The van der Waals surface area contributed by atoms with Gasteiger partial charge in [-0.1, -0.05) is 41.1 Å². The number of hydrogen-bond acceptors (Lipinski definition) is 2. The first kappa shape index (κ1) is 18.0. The number of nitrogens with zero attached hydrogens (tertiary/aromatic N) is 3. The van der Waals surface area contributed by atoms with Crippen molar-refractivity contribution in [3.63, 3.8) is 0 Å². The molecule has 0 aliphatic carbocycles. The summed E-state index contributed by atoms with van der Waals surface area (Å²) in [5.74, 6) is 1.07. The summed E-state index contributed by atoms with van der Waals surface area (Å²) in [7, 11) is 0. The molecule has 1 N–H and O–H groups in total. The third-order valence-corrected chi connectivity index (χ3v) is 4.61. The number of aryl methyl sites for hydroxylation is 2. The molecule has 0 unspecified atom stereocenters. The zero-order valence-electron chi connectivity index (χ0n) is 15.7. The molecule has 0 aliphatic rings. The summed E-state index contributed by atoms with van der Waals surface area (Å²) in [4.78, 5) is 8.55. The molecule has 4 heteroatoms. The highest BCUT2D eigenvalue weighted by molar-refractivity contribution is 5.76. The lowest BCUT2D eigenvalue weighted by atomic mass is 10.1. The minimum Gasteiger partial charge on any atom is -0.369 e. The Hall–Kier alpha value is -2.80. The Morgan fingerprint density at radius 1 is 1.00 bits per heavy atom. The van der Waals surface area contributed by atoms with Crippen molar-refractivity contribution in [1.29, 1.82) is 0 Å². The molecule has 0 saturated carbocycles. The molecule has 0 aliphatic heterocycles. The number of unbranched alkanes of at least 4 members (excludes halogenated alkanes) is 3. The smallest absolute Gasteiger partial charge is 0.263 e. The van der Waals surface area contributed by atoms with Crippen molar-refractivity contribution in [1.82, 2.24) is 9.38 Å². The SMILES string of the molecule is C#[N+]CCCCCCNc1c(-c2ccc(C)cc2)nc2cc(C)ccn12. The van der Waals surface area contributed by atoms with Gasteiger partial charge in [-0.2, -0.15) is 0 Å². The zero-order chi connectivity index (χ0) is 18.4. The molecule has 4 nitrogen and oxygen atoms in total. The van der Waals surface area contributed by atoms with E-state index in [0.29, 0.717) is 0 Å². The van der Waals surface area contributed by atoms with Crippen LogP contribution in [0.4, 0.5) is 5.82 Å². The molecule has 0 atom stereocenters. The van der Waals surface area contributed by atoms with Crippen LogP contribution in [-0.2, 0) is 0 Å². The molecule has 0 saturated heterocycles. The topological polar surface area (TPSA) is 33.7 Å². The zero-order valence-corrected chi connectivity index (χ0v) is 15.7. The average molecular weight is 347 g/mol. The van der Waals surface area contributed by atoms with Crippen LogP contribution in [0.2, 0.25) is 0 Å². The van der Waals surface area contributed by atoms with Gasteiger partial charge in [0.1, 0.15) is 17.2 Å². The van der Waals surface area contributed by atoms with Crippen LogP contribution < -0.4 is 5.32 Å². The molecular formula is C22H27N4+. The Balaban J connectivity index is 1.79. The van der Waals surface area contributed by atoms with E-state index in [2.05, 4.69) is 71.0 Å². The number of anilines is 1. The first-order chi connectivity index (χ1) is 12.7. The second-order valence-electron chi connectivity index (χ2n) is 6.85. The Kier molecular flexibility index (Phi) is 5.91. The summed E-state index contributed by atoms with van der Waals surface area (Å²) in [6.07, 6.45) is 6.63. The Morgan fingerprint density at radius 3 is 2.54 bits per heavy atom. The number of rotatable bonds is 8. The van der Waals surface area contributed by atoms with E-state index in [-0.39, 0.29) is 0 Å². The van der Waals surface area contributed by atoms with Crippen molar-refractivity contribution >= 4 is 11.5 Å². The largest absolute Gasteiger partial charge is 0.369 e. The molecule has 0 bridgehead atoms. The van der Waals surface area contributed by atoms with Crippen LogP contribution in [-0.4, -0.2) is 22.5 Å². The maximum atomic E-state index is 5.18. The first-order valence-corrected chi connectivity index (χ1v) is 9.35. The third-order valence-electron chi connectivity index (χ3n) is 4.61. The van der Waals surface area contributed by atoms with Crippen molar-refractivity contribution < 1.29 is 0 Å². The maximum absolute atomic E-state index is 5.18. The van der Waals surface area contributed by atoms with Gasteiger partial charge in [0.2, 0.25) is 0 Å². The minimum absolute atomic E-state index is 0.762. The molecule has 1 aromatic carbocycles. The number of pyridine rings is 1. The molecule has 2 aromatic heterocycles. The highest BCUT2D eigenvalue weighted by Gasteiger charge is 2.13. The lowest BCUT2D eigenvalue weighted by Gasteiger charge is -2.09. The van der Waals surface area contributed by atoms with E-state index in [4.69, 9.17) is 11.6 Å². The van der Waals surface area contributed by atoms with Crippen LogP contribution in [0.15, 0.2) is 42.6 Å². The van der Waals surface area contributed by atoms with E-state index in [0.717, 1.165) is 48.7 Å². The fraction of sp³-hybridized carbons (Fsp3) is 0.364. The van der Waals surface area contributed by atoms with Gasteiger partial charge in [-0.25, -0.2) is 4.98 Å². The molecule has 26 heavy (non-hydrogen) atoms. The quantitative estimate of drug-likeness (QED) is 0.542. The van der Waals surface area contributed by atoms with E-state index >= 15 is 0 Å². The van der Waals surface area contributed by atoms with E-state index in [1.165, 1.54) is 24.0 Å². The number of fused-ring (bicyclic) bond motifs is 1. The monoisotopic (exact) mass is 347 g/mol. The van der Waals surface area contributed by atoms with E-state index in [9.17, 15) is 0 Å². The predicted octanol–water partition coefficient (Wildman–Crippen LogP) is 5.55. The van der Waals surface area contributed by atoms with Crippen LogP contribution in [0.1, 0.15) is 36.8 Å². The van der Waals surface area contributed by atoms with Gasteiger partial charge >= 0.3 is 0 Å².